The molecule has 0 aliphatic rings. The van der Waals surface area contributed by atoms with Crippen LogP contribution in [0, 0.1) is 6.92 Å². The van der Waals surface area contributed by atoms with Gasteiger partial charge in [0.05, 0.1) is 12.2 Å². The number of methoxy groups -OCH3 is 1. The van der Waals surface area contributed by atoms with Gasteiger partial charge in [-0.3, -0.25) is 0 Å². The minimum Gasteiger partial charge on any atom is -0.467 e. The Bertz CT molecular complexity index is 360. The average Bonchev–Trinajstić information content (AvgIpc) is 2.28. The quantitative estimate of drug-likeness (QED) is 0.586. The van der Waals surface area contributed by atoms with Crippen molar-refractivity contribution < 1.29 is 19.0 Å². The Morgan fingerprint density at radius 2 is 2.06 bits per heavy atom. The average molecular weight is 240 g/mol. The van der Waals surface area contributed by atoms with Gasteiger partial charge < -0.3 is 14.2 Å². The van der Waals surface area contributed by atoms with E-state index in [4.69, 9.17) is 14.2 Å². The van der Waals surface area contributed by atoms with E-state index in [2.05, 4.69) is 0 Å². The molecule has 4 heteroatoms. The summed E-state index contributed by atoms with van der Waals surface area (Å²) in [6.07, 6.45) is 0. The summed E-state index contributed by atoms with van der Waals surface area (Å²) >= 11 is 0. The highest BCUT2D eigenvalue weighted by Crippen LogP contribution is 2.20. The molecule has 0 aliphatic carbocycles. The lowest BCUT2D eigenvalue weighted by Crippen LogP contribution is -2.06. The predicted octanol–water partition coefficient (Wildman–Crippen LogP) is 2.79. The zero-order chi connectivity index (χ0) is 12.0. The van der Waals surface area contributed by atoms with E-state index < -0.39 is 0 Å². The zero-order valence-corrected chi connectivity index (χ0v) is 9.78. The molecular formula is C13H20O4. The summed E-state index contributed by atoms with van der Waals surface area (Å²) in [5, 5.41) is 0. The van der Waals surface area contributed by atoms with Crippen LogP contribution >= 0.6 is 0 Å². The summed E-state index contributed by atoms with van der Waals surface area (Å²) in [7, 11) is 1.55. The Hall–Kier alpha value is -1.55. The Morgan fingerprint density at radius 1 is 1.35 bits per heavy atom. The minimum absolute atomic E-state index is 0. The Morgan fingerprint density at radius 3 is 2.65 bits per heavy atom. The number of hydrogen-bond acceptors (Lipinski definition) is 4. The molecule has 4 nitrogen and oxygen atoms in total. The first-order valence-electron chi connectivity index (χ1n) is 5.08. The van der Waals surface area contributed by atoms with Crippen LogP contribution < -0.4 is 4.74 Å². The summed E-state index contributed by atoms with van der Waals surface area (Å²) in [4.78, 5) is 11.5. The predicted molar refractivity (Wildman–Crippen MR) is 66.4 cm³/mol. The highest BCUT2D eigenvalue weighted by molar-refractivity contribution is 5.90. The molecule has 1 rings (SSSR count). The Balaban J connectivity index is 0.00000256. The number of aryl methyl sites for hydroxylation is 1. The van der Waals surface area contributed by atoms with Gasteiger partial charge in [-0.1, -0.05) is 13.5 Å². The molecule has 0 fully saturated rings. The van der Waals surface area contributed by atoms with Gasteiger partial charge in [-0.05, 0) is 31.5 Å². The monoisotopic (exact) mass is 240 g/mol. The van der Waals surface area contributed by atoms with Crippen LogP contribution in [0.2, 0.25) is 0 Å². The Labute approximate surface area is 102 Å². The van der Waals surface area contributed by atoms with Crippen molar-refractivity contribution in [2.75, 3.05) is 20.5 Å². The summed E-state index contributed by atoms with van der Waals surface area (Å²) in [6.45, 7) is 4.20. The van der Waals surface area contributed by atoms with E-state index in [1.54, 1.807) is 26.2 Å². The van der Waals surface area contributed by atoms with Gasteiger partial charge in [0.2, 0.25) is 0 Å². The maximum Gasteiger partial charge on any atom is 0.338 e. The molecular weight excluding hydrogens is 220 g/mol. The smallest absolute Gasteiger partial charge is 0.338 e. The van der Waals surface area contributed by atoms with Crippen LogP contribution in [-0.4, -0.2) is 26.5 Å². The molecule has 96 valence electrons. The lowest BCUT2D eigenvalue weighted by molar-refractivity contribution is 0.0487. The van der Waals surface area contributed by atoms with Crippen LogP contribution in [0.1, 0.15) is 30.3 Å². The number of ether oxygens (including phenoxy) is 3. The first-order chi connectivity index (χ1) is 7.69. The van der Waals surface area contributed by atoms with E-state index in [0.717, 1.165) is 5.56 Å². The van der Waals surface area contributed by atoms with Crippen LogP contribution in [0.5, 0.6) is 5.75 Å². The highest BCUT2D eigenvalue weighted by atomic mass is 16.7. The second kappa shape index (κ2) is 7.68. The molecule has 1 aromatic carbocycles. The highest BCUT2D eigenvalue weighted by Gasteiger charge is 2.09. The fourth-order valence-electron chi connectivity index (χ4n) is 1.22. The van der Waals surface area contributed by atoms with Crippen LogP contribution in [0.3, 0.4) is 0 Å². The molecule has 17 heavy (non-hydrogen) atoms. The third-order valence-corrected chi connectivity index (χ3v) is 2.03. The van der Waals surface area contributed by atoms with Gasteiger partial charge in [0.1, 0.15) is 5.75 Å². The topological polar surface area (TPSA) is 44.8 Å². The molecule has 0 aromatic heterocycles. The van der Waals surface area contributed by atoms with Crippen LogP contribution in [0.25, 0.3) is 0 Å². The molecule has 0 aliphatic heterocycles. The molecule has 1 aromatic rings. The van der Waals surface area contributed by atoms with E-state index in [1.807, 2.05) is 13.0 Å². The number of rotatable bonds is 5. The summed E-state index contributed by atoms with van der Waals surface area (Å²) < 4.78 is 15.0. The molecule has 0 atom stereocenters. The van der Waals surface area contributed by atoms with Crippen molar-refractivity contribution in [1.82, 2.24) is 0 Å². The number of benzene rings is 1. The SMILES string of the molecule is C.CCOC(=O)c1ccc(C)c(OCOC)c1. The number of carbonyl (C=O) groups excluding carboxylic acids is 1. The minimum atomic E-state index is -0.343. The van der Waals surface area contributed by atoms with Gasteiger partial charge in [0.15, 0.2) is 6.79 Å². The van der Waals surface area contributed by atoms with E-state index >= 15 is 0 Å². The van der Waals surface area contributed by atoms with E-state index in [1.165, 1.54) is 0 Å². The Kier molecular flexibility index (Phi) is 6.98. The van der Waals surface area contributed by atoms with E-state index in [9.17, 15) is 4.79 Å². The molecule has 0 amide bonds. The first-order valence-corrected chi connectivity index (χ1v) is 5.08. The van der Waals surface area contributed by atoms with Gasteiger partial charge >= 0.3 is 5.97 Å². The lowest BCUT2D eigenvalue weighted by Gasteiger charge is -2.09. The van der Waals surface area contributed by atoms with Crippen molar-refractivity contribution in [3.05, 3.63) is 29.3 Å². The summed E-state index contributed by atoms with van der Waals surface area (Å²) in [6, 6.07) is 5.19. The maximum absolute atomic E-state index is 11.5. The van der Waals surface area contributed by atoms with Gasteiger partial charge in [0, 0.05) is 7.11 Å². The number of hydrogen-bond donors (Lipinski definition) is 0. The zero-order valence-electron chi connectivity index (χ0n) is 9.78. The normalized spacial score (nSPS) is 9.35. The fraction of sp³-hybridized carbons (Fsp3) is 0.462. The maximum atomic E-state index is 11.5. The number of esters is 1. The summed E-state index contributed by atoms with van der Waals surface area (Å²) in [5.74, 6) is 0.289. The van der Waals surface area contributed by atoms with E-state index in [-0.39, 0.29) is 20.2 Å². The van der Waals surface area contributed by atoms with Crippen molar-refractivity contribution in [2.45, 2.75) is 21.3 Å². The standard InChI is InChI=1S/C12H16O4.CH4/c1-4-15-12(13)10-6-5-9(2)11(7-10)16-8-14-3;/h5-7H,4,8H2,1-3H3;1H4. The van der Waals surface area contributed by atoms with Crippen LogP contribution in [-0.2, 0) is 9.47 Å². The molecule has 0 heterocycles. The van der Waals surface area contributed by atoms with Crippen molar-refractivity contribution in [2.24, 2.45) is 0 Å². The second-order valence-corrected chi connectivity index (χ2v) is 3.25. The van der Waals surface area contributed by atoms with Gasteiger partial charge in [-0.2, -0.15) is 0 Å². The molecule has 0 spiro atoms. The molecule has 0 N–H and O–H groups in total. The third-order valence-electron chi connectivity index (χ3n) is 2.03. The molecule has 0 saturated carbocycles. The van der Waals surface area contributed by atoms with Crippen molar-refractivity contribution >= 4 is 5.97 Å². The van der Waals surface area contributed by atoms with Gasteiger partial charge in [0.25, 0.3) is 0 Å². The first kappa shape index (κ1) is 15.4. The molecule has 0 radical (unpaired) electrons. The van der Waals surface area contributed by atoms with E-state index in [0.29, 0.717) is 17.9 Å². The third kappa shape index (κ3) is 4.44. The number of carbonyl (C=O) groups is 1. The van der Waals surface area contributed by atoms with Crippen molar-refractivity contribution in [3.8, 4) is 5.75 Å². The molecule has 0 saturated heterocycles. The molecule has 0 bridgehead atoms. The van der Waals surface area contributed by atoms with Crippen LogP contribution in [0.15, 0.2) is 18.2 Å². The largest absolute Gasteiger partial charge is 0.467 e. The van der Waals surface area contributed by atoms with Crippen molar-refractivity contribution in [3.63, 3.8) is 0 Å². The van der Waals surface area contributed by atoms with Gasteiger partial charge in [-0.15, -0.1) is 0 Å². The van der Waals surface area contributed by atoms with Crippen molar-refractivity contribution in [1.29, 1.82) is 0 Å². The van der Waals surface area contributed by atoms with Gasteiger partial charge in [-0.25, -0.2) is 4.79 Å². The lowest BCUT2D eigenvalue weighted by atomic mass is 10.1. The molecule has 0 unspecified atom stereocenters. The summed E-state index contributed by atoms with van der Waals surface area (Å²) in [5.41, 5.74) is 1.43. The second-order valence-electron chi connectivity index (χ2n) is 3.25. The fourth-order valence-corrected chi connectivity index (χ4v) is 1.22. The van der Waals surface area contributed by atoms with Crippen LogP contribution in [0.4, 0.5) is 0 Å².